The molecule has 0 spiro atoms. The molecule has 0 fully saturated rings. The molecule has 2 heterocycles. The molecular formula is C17H17N3O3. The number of carbonyl (C=O) groups is 1. The Balaban J connectivity index is 2.13. The van der Waals surface area contributed by atoms with Crippen LogP contribution in [0.15, 0.2) is 41.3 Å². The van der Waals surface area contributed by atoms with Gasteiger partial charge in [-0.3, -0.25) is 9.89 Å². The Morgan fingerprint density at radius 1 is 1.26 bits per heavy atom. The van der Waals surface area contributed by atoms with Gasteiger partial charge in [0.05, 0.1) is 12.3 Å². The van der Waals surface area contributed by atoms with E-state index in [0.717, 1.165) is 12.0 Å². The van der Waals surface area contributed by atoms with E-state index in [2.05, 4.69) is 17.0 Å². The smallest absolute Gasteiger partial charge is 0.343 e. The summed E-state index contributed by atoms with van der Waals surface area (Å²) in [7, 11) is 0. The second-order valence-electron chi connectivity index (χ2n) is 5.10. The van der Waals surface area contributed by atoms with Gasteiger partial charge in [0.15, 0.2) is 5.65 Å². The number of aromatic nitrogens is 3. The number of H-pyrrole nitrogens is 1. The molecule has 6 nitrogen and oxygen atoms in total. The molecule has 23 heavy (non-hydrogen) atoms. The lowest BCUT2D eigenvalue weighted by Crippen LogP contribution is -2.15. The minimum atomic E-state index is -0.503. The summed E-state index contributed by atoms with van der Waals surface area (Å²) in [5, 5.41) is 2.73. The van der Waals surface area contributed by atoms with E-state index in [1.54, 1.807) is 6.92 Å². The predicted molar refractivity (Wildman–Crippen MR) is 86.6 cm³/mol. The van der Waals surface area contributed by atoms with Gasteiger partial charge < -0.3 is 4.74 Å². The number of carbonyl (C=O) groups excluding carboxylic acids is 1. The number of aryl methyl sites for hydroxylation is 1. The van der Waals surface area contributed by atoms with Crippen molar-refractivity contribution in [2.75, 3.05) is 6.61 Å². The van der Waals surface area contributed by atoms with Crippen LogP contribution in [0.4, 0.5) is 0 Å². The minimum Gasteiger partial charge on any atom is -0.462 e. The summed E-state index contributed by atoms with van der Waals surface area (Å²) in [6.45, 7) is 4.07. The zero-order valence-corrected chi connectivity index (χ0v) is 13.0. The van der Waals surface area contributed by atoms with Gasteiger partial charge in [-0.05, 0) is 18.9 Å². The Hall–Kier alpha value is -2.89. The monoisotopic (exact) mass is 311 g/mol. The van der Waals surface area contributed by atoms with E-state index >= 15 is 0 Å². The van der Waals surface area contributed by atoms with Crippen LogP contribution in [-0.4, -0.2) is 27.2 Å². The molecule has 0 aliphatic heterocycles. The van der Waals surface area contributed by atoms with Crippen LogP contribution in [0.1, 0.15) is 29.8 Å². The van der Waals surface area contributed by atoms with Gasteiger partial charge in [0.2, 0.25) is 0 Å². The average Bonchev–Trinajstić information content (AvgIpc) is 3.00. The number of benzene rings is 1. The van der Waals surface area contributed by atoms with Crippen LogP contribution in [0.5, 0.6) is 0 Å². The predicted octanol–water partition coefficient (Wildman–Crippen LogP) is 2.43. The van der Waals surface area contributed by atoms with E-state index in [1.165, 1.54) is 22.3 Å². The highest BCUT2D eigenvalue weighted by Crippen LogP contribution is 2.18. The first-order chi connectivity index (χ1) is 11.1. The van der Waals surface area contributed by atoms with Crippen molar-refractivity contribution in [3.63, 3.8) is 0 Å². The van der Waals surface area contributed by atoms with Gasteiger partial charge in [-0.1, -0.05) is 31.2 Å². The van der Waals surface area contributed by atoms with E-state index in [1.807, 2.05) is 24.3 Å². The molecular weight excluding hydrogens is 294 g/mol. The fourth-order valence-electron chi connectivity index (χ4n) is 2.40. The molecule has 0 atom stereocenters. The first kappa shape index (κ1) is 15.0. The number of fused-ring (bicyclic) bond motifs is 1. The highest BCUT2D eigenvalue weighted by Gasteiger charge is 2.16. The standard InChI is InChI=1S/C17H17N3O3/c1-3-11-5-7-12(8-6-11)14-9-15(21)20-16(19-14)13(10-18-20)17(22)23-4-2/h5-10,18H,3-4H2,1-2H3. The fraction of sp³-hybridized carbons (Fsp3) is 0.235. The Morgan fingerprint density at radius 3 is 2.65 bits per heavy atom. The summed E-state index contributed by atoms with van der Waals surface area (Å²) >= 11 is 0. The molecule has 1 aromatic carbocycles. The second-order valence-corrected chi connectivity index (χ2v) is 5.10. The first-order valence-corrected chi connectivity index (χ1v) is 7.51. The van der Waals surface area contributed by atoms with E-state index in [-0.39, 0.29) is 23.4 Å². The number of aromatic amines is 1. The van der Waals surface area contributed by atoms with Crippen molar-refractivity contribution >= 4 is 11.6 Å². The number of hydrogen-bond acceptors (Lipinski definition) is 4. The minimum absolute atomic E-state index is 0.246. The van der Waals surface area contributed by atoms with Gasteiger partial charge in [0.1, 0.15) is 5.56 Å². The Morgan fingerprint density at radius 2 is 2.00 bits per heavy atom. The third-order valence-electron chi connectivity index (χ3n) is 3.65. The van der Waals surface area contributed by atoms with E-state index < -0.39 is 5.97 Å². The van der Waals surface area contributed by atoms with Crippen molar-refractivity contribution < 1.29 is 9.53 Å². The summed E-state index contributed by atoms with van der Waals surface area (Å²) in [5.41, 5.74) is 2.81. The van der Waals surface area contributed by atoms with Crippen LogP contribution in [0.3, 0.4) is 0 Å². The number of nitrogens with one attached hydrogen (secondary N) is 1. The zero-order valence-electron chi connectivity index (χ0n) is 13.0. The molecule has 3 rings (SSSR count). The van der Waals surface area contributed by atoms with Crippen molar-refractivity contribution in [2.45, 2.75) is 20.3 Å². The maximum atomic E-state index is 12.2. The van der Waals surface area contributed by atoms with Gasteiger partial charge in [-0.15, -0.1) is 0 Å². The quantitative estimate of drug-likeness (QED) is 0.751. The largest absolute Gasteiger partial charge is 0.462 e. The maximum Gasteiger partial charge on any atom is 0.343 e. The van der Waals surface area contributed by atoms with Gasteiger partial charge in [0, 0.05) is 17.8 Å². The molecule has 0 radical (unpaired) electrons. The normalized spacial score (nSPS) is 10.9. The van der Waals surface area contributed by atoms with Crippen LogP contribution < -0.4 is 5.56 Å². The summed E-state index contributed by atoms with van der Waals surface area (Å²) in [4.78, 5) is 28.7. The van der Waals surface area contributed by atoms with E-state index in [4.69, 9.17) is 4.74 Å². The third-order valence-corrected chi connectivity index (χ3v) is 3.65. The Kier molecular flexibility index (Phi) is 3.97. The van der Waals surface area contributed by atoms with Crippen LogP contribution >= 0.6 is 0 Å². The molecule has 0 unspecified atom stereocenters. The molecule has 0 saturated heterocycles. The topological polar surface area (TPSA) is 76.5 Å². The molecule has 0 bridgehead atoms. The molecule has 0 amide bonds. The lowest BCUT2D eigenvalue weighted by Gasteiger charge is -2.04. The summed E-state index contributed by atoms with van der Waals surface area (Å²) < 4.78 is 6.23. The summed E-state index contributed by atoms with van der Waals surface area (Å²) in [6.07, 6.45) is 2.38. The third kappa shape index (κ3) is 2.75. The molecule has 0 aliphatic carbocycles. The van der Waals surface area contributed by atoms with Gasteiger partial charge >= 0.3 is 5.97 Å². The van der Waals surface area contributed by atoms with Crippen molar-refractivity contribution in [3.8, 4) is 11.3 Å². The maximum absolute atomic E-state index is 12.2. The average molecular weight is 311 g/mol. The van der Waals surface area contributed by atoms with Crippen LogP contribution in [-0.2, 0) is 11.2 Å². The zero-order chi connectivity index (χ0) is 16.4. The number of rotatable bonds is 4. The van der Waals surface area contributed by atoms with Crippen LogP contribution in [0.25, 0.3) is 16.9 Å². The number of esters is 1. The molecule has 118 valence electrons. The summed E-state index contributed by atoms with van der Waals surface area (Å²) in [5.74, 6) is -0.503. The first-order valence-electron chi connectivity index (χ1n) is 7.51. The van der Waals surface area contributed by atoms with Gasteiger partial charge in [-0.2, -0.15) is 0 Å². The molecule has 1 N–H and O–H groups in total. The Labute approximate surface area is 132 Å². The van der Waals surface area contributed by atoms with E-state index in [9.17, 15) is 9.59 Å². The molecule has 2 aromatic heterocycles. The highest BCUT2D eigenvalue weighted by atomic mass is 16.5. The van der Waals surface area contributed by atoms with Crippen molar-refractivity contribution in [3.05, 3.63) is 58.0 Å². The molecule has 6 heteroatoms. The second kappa shape index (κ2) is 6.08. The lowest BCUT2D eigenvalue weighted by atomic mass is 10.1. The van der Waals surface area contributed by atoms with Gasteiger partial charge in [-0.25, -0.2) is 14.3 Å². The van der Waals surface area contributed by atoms with Crippen molar-refractivity contribution in [1.29, 1.82) is 0 Å². The number of nitrogens with zero attached hydrogens (tertiary/aromatic N) is 2. The molecule has 3 aromatic rings. The number of ether oxygens (including phenoxy) is 1. The fourth-order valence-corrected chi connectivity index (χ4v) is 2.40. The molecule has 0 aliphatic rings. The van der Waals surface area contributed by atoms with E-state index in [0.29, 0.717) is 5.69 Å². The van der Waals surface area contributed by atoms with Crippen LogP contribution in [0, 0.1) is 0 Å². The highest BCUT2D eigenvalue weighted by molar-refractivity contribution is 5.95. The van der Waals surface area contributed by atoms with Crippen LogP contribution in [0.2, 0.25) is 0 Å². The van der Waals surface area contributed by atoms with Crippen molar-refractivity contribution in [2.24, 2.45) is 0 Å². The molecule has 0 saturated carbocycles. The lowest BCUT2D eigenvalue weighted by molar-refractivity contribution is 0.0528. The van der Waals surface area contributed by atoms with Gasteiger partial charge in [0.25, 0.3) is 5.56 Å². The number of hydrogen-bond donors (Lipinski definition) is 1. The SMILES string of the molecule is CCOC(=O)c1c[nH]n2c(=O)cc(-c3ccc(CC)cc3)nc12. The van der Waals surface area contributed by atoms with Crippen molar-refractivity contribution in [1.82, 2.24) is 14.6 Å². The summed E-state index contributed by atoms with van der Waals surface area (Å²) in [6, 6.07) is 9.30. The Bertz CT molecular complexity index is 907.